The first kappa shape index (κ1) is 17.2. The zero-order valence-corrected chi connectivity index (χ0v) is 12.9. The van der Waals surface area contributed by atoms with Gasteiger partial charge in [-0.25, -0.2) is 0 Å². The molecule has 1 aromatic rings. The van der Waals surface area contributed by atoms with Crippen LogP contribution in [0.3, 0.4) is 0 Å². The van der Waals surface area contributed by atoms with Crippen LogP contribution in [-0.4, -0.2) is 34.5 Å². The van der Waals surface area contributed by atoms with Crippen LogP contribution in [0.2, 0.25) is 0 Å². The molecule has 0 aliphatic carbocycles. The highest BCUT2D eigenvalue weighted by molar-refractivity contribution is 5.83. The Morgan fingerprint density at radius 1 is 1.24 bits per heavy atom. The number of nitrogens with two attached hydrogens (primary N) is 1. The fourth-order valence-corrected chi connectivity index (χ4v) is 2.12. The van der Waals surface area contributed by atoms with E-state index in [4.69, 9.17) is 10.8 Å². The van der Waals surface area contributed by atoms with Crippen LogP contribution in [0.15, 0.2) is 24.3 Å². The lowest BCUT2D eigenvalue weighted by atomic mass is 10.0. The van der Waals surface area contributed by atoms with Crippen LogP contribution in [0.1, 0.15) is 43.9 Å². The molecule has 0 bridgehead atoms. The largest absolute Gasteiger partial charge is 0.481 e. The van der Waals surface area contributed by atoms with E-state index >= 15 is 0 Å². The topological polar surface area (TPSA) is 83.6 Å². The van der Waals surface area contributed by atoms with Gasteiger partial charge in [0.05, 0.1) is 0 Å². The normalized spacial score (nSPS) is 12.2. The van der Waals surface area contributed by atoms with Gasteiger partial charge in [-0.15, -0.1) is 0 Å². The number of rotatable bonds is 7. The van der Waals surface area contributed by atoms with Crippen LogP contribution in [0.25, 0.3) is 0 Å². The van der Waals surface area contributed by atoms with Gasteiger partial charge in [0, 0.05) is 19.0 Å². The Labute approximate surface area is 125 Å². The Morgan fingerprint density at radius 3 is 2.29 bits per heavy atom. The maximum absolute atomic E-state index is 12.5. The summed E-state index contributed by atoms with van der Waals surface area (Å²) in [4.78, 5) is 24.7. The number of carboxylic acid groups (broad SMARTS) is 1. The SMILES string of the molecule is Cc1ccc(C(N)C(=O)N(CCCC(=O)O)C(C)C)cc1. The number of nitrogens with zero attached hydrogens (tertiary/aromatic N) is 1. The van der Waals surface area contributed by atoms with Crippen molar-refractivity contribution in [3.63, 3.8) is 0 Å². The predicted molar refractivity (Wildman–Crippen MR) is 81.8 cm³/mol. The van der Waals surface area contributed by atoms with Gasteiger partial charge in [-0.3, -0.25) is 9.59 Å². The molecule has 0 radical (unpaired) electrons. The molecule has 0 aromatic heterocycles. The van der Waals surface area contributed by atoms with Crippen LogP contribution < -0.4 is 5.73 Å². The van der Waals surface area contributed by atoms with Crippen LogP contribution >= 0.6 is 0 Å². The summed E-state index contributed by atoms with van der Waals surface area (Å²) < 4.78 is 0. The van der Waals surface area contributed by atoms with E-state index in [0.29, 0.717) is 13.0 Å². The van der Waals surface area contributed by atoms with E-state index in [9.17, 15) is 9.59 Å². The lowest BCUT2D eigenvalue weighted by Crippen LogP contribution is -2.43. The van der Waals surface area contributed by atoms with Crippen LogP contribution in [0.5, 0.6) is 0 Å². The summed E-state index contributed by atoms with van der Waals surface area (Å²) in [5, 5.41) is 8.69. The molecule has 0 heterocycles. The van der Waals surface area contributed by atoms with Gasteiger partial charge in [0.15, 0.2) is 0 Å². The molecule has 1 rings (SSSR count). The third-order valence-corrected chi connectivity index (χ3v) is 3.40. The number of amides is 1. The third kappa shape index (κ3) is 5.19. The summed E-state index contributed by atoms with van der Waals surface area (Å²) in [5.41, 5.74) is 7.94. The molecule has 1 aromatic carbocycles. The van der Waals surface area contributed by atoms with Crippen molar-refractivity contribution in [2.24, 2.45) is 5.73 Å². The first-order chi connectivity index (χ1) is 9.82. The smallest absolute Gasteiger partial charge is 0.303 e. The Balaban J connectivity index is 2.75. The molecule has 5 nitrogen and oxygen atoms in total. The average Bonchev–Trinajstić information content (AvgIpc) is 2.42. The second-order valence-corrected chi connectivity index (χ2v) is 5.51. The number of benzene rings is 1. The predicted octanol–water partition coefficient (Wildman–Crippen LogP) is 2.10. The second-order valence-electron chi connectivity index (χ2n) is 5.51. The van der Waals surface area contributed by atoms with Gasteiger partial charge in [-0.1, -0.05) is 29.8 Å². The molecule has 0 saturated carbocycles. The first-order valence-electron chi connectivity index (χ1n) is 7.17. The van der Waals surface area contributed by atoms with Crippen LogP contribution in [0, 0.1) is 6.92 Å². The quantitative estimate of drug-likeness (QED) is 0.806. The zero-order chi connectivity index (χ0) is 16.0. The Kier molecular flexibility index (Phi) is 6.37. The van der Waals surface area contributed by atoms with Gasteiger partial charge < -0.3 is 15.7 Å². The molecular weight excluding hydrogens is 268 g/mol. The van der Waals surface area contributed by atoms with Crippen molar-refractivity contribution in [3.05, 3.63) is 35.4 Å². The number of carboxylic acids is 1. The standard InChI is InChI=1S/C16H24N2O3/c1-11(2)18(10-4-5-14(19)20)16(21)15(17)13-8-6-12(3)7-9-13/h6-9,11,15H,4-5,10,17H2,1-3H3,(H,19,20). The molecule has 0 spiro atoms. The minimum atomic E-state index is -0.853. The monoisotopic (exact) mass is 292 g/mol. The van der Waals surface area contributed by atoms with E-state index < -0.39 is 12.0 Å². The molecule has 5 heteroatoms. The number of carbonyl (C=O) groups excluding carboxylic acids is 1. The van der Waals surface area contributed by atoms with Gasteiger partial charge >= 0.3 is 5.97 Å². The molecular formula is C16H24N2O3. The molecule has 3 N–H and O–H groups in total. The third-order valence-electron chi connectivity index (χ3n) is 3.40. The molecule has 1 unspecified atom stereocenters. The summed E-state index contributed by atoms with van der Waals surface area (Å²) in [6, 6.07) is 6.83. The minimum Gasteiger partial charge on any atom is -0.481 e. The summed E-state index contributed by atoms with van der Waals surface area (Å²) >= 11 is 0. The molecule has 0 saturated heterocycles. The minimum absolute atomic E-state index is 0.0113. The molecule has 0 aliphatic rings. The van der Waals surface area contributed by atoms with Crippen molar-refractivity contribution in [2.75, 3.05) is 6.54 Å². The van der Waals surface area contributed by atoms with Crippen molar-refractivity contribution in [1.29, 1.82) is 0 Å². The number of carbonyl (C=O) groups is 2. The van der Waals surface area contributed by atoms with E-state index in [-0.39, 0.29) is 18.4 Å². The van der Waals surface area contributed by atoms with E-state index in [0.717, 1.165) is 11.1 Å². The second kappa shape index (κ2) is 7.78. The fourth-order valence-electron chi connectivity index (χ4n) is 2.12. The van der Waals surface area contributed by atoms with Crippen LogP contribution in [-0.2, 0) is 9.59 Å². The van der Waals surface area contributed by atoms with Gasteiger partial charge in [0.1, 0.15) is 6.04 Å². The molecule has 21 heavy (non-hydrogen) atoms. The number of hydrogen-bond acceptors (Lipinski definition) is 3. The van der Waals surface area contributed by atoms with Crippen molar-refractivity contribution in [2.45, 2.75) is 45.7 Å². The molecule has 1 atom stereocenters. The maximum Gasteiger partial charge on any atom is 0.303 e. The molecule has 116 valence electrons. The average molecular weight is 292 g/mol. The van der Waals surface area contributed by atoms with E-state index in [1.807, 2.05) is 45.0 Å². The lowest BCUT2D eigenvalue weighted by molar-refractivity contribution is -0.139. The summed E-state index contributed by atoms with van der Waals surface area (Å²) in [6.07, 6.45) is 0.482. The number of aryl methyl sites for hydroxylation is 1. The molecule has 1 amide bonds. The van der Waals surface area contributed by atoms with Gasteiger partial charge in [0.2, 0.25) is 5.91 Å². The maximum atomic E-state index is 12.5. The van der Waals surface area contributed by atoms with Crippen molar-refractivity contribution in [3.8, 4) is 0 Å². The zero-order valence-electron chi connectivity index (χ0n) is 12.9. The summed E-state index contributed by atoms with van der Waals surface area (Å²) in [6.45, 7) is 6.19. The van der Waals surface area contributed by atoms with Crippen molar-refractivity contribution < 1.29 is 14.7 Å². The van der Waals surface area contributed by atoms with E-state index in [1.54, 1.807) is 4.90 Å². The Morgan fingerprint density at radius 2 is 1.81 bits per heavy atom. The highest BCUT2D eigenvalue weighted by Crippen LogP contribution is 2.16. The summed E-state index contributed by atoms with van der Waals surface area (Å²) in [7, 11) is 0. The van der Waals surface area contributed by atoms with Crippen molar-refractivity contribution >= 4 is 11.9 Å². The lowest BCUT2D eigenvalue weighted by Gasteiger charge is -2.29. The number of hydrogen-bond donors (Lipinski definition) is 2. The highest BCUT2D eigenvalue weighted by Gasteiger charge is 2.24. The molecule has 0 aliphatic heterocycles. The van der Waals surface area contributed by atoms with Gasteiger partial charge in [-0.2, -0.15) is 0 Å². The van der Waals surface area contributed by atoms with E-state index in [1.165, 1.54) is 0 Å². The number of aliphatic carboxylic acids is 1. The fraction of sp³-hybridized carbons (Fsp3) is 0.500. The van der Waals surface area contributed by atoms with Crippen LogP contribution in [0.4, 0.5) is 0 Å². The summed E-state index contributed by atoms with van der Waals surface area (Å²) in [5.74, 6) is -1.02. The Bertz CT molecular complexity index is 483. The van der Waals surface area contributed by atoms with E-state index in [2.05, 4.69) is 0 Å². The first-order valence-corrected chi connectivity index (χ1v) is 7.17. The highest BCUT2D eigenvalue weighted by atomic mass is 16.4. The van der Waals surface area contributed by atoms with Crippen molar-refractivity contribution in [1.82, 2.24) is 4.90 Å². The Hall–Kier alpha value is -1.88. The van der Waals surface area contributed by atoms with Gasteiger partial charge in [0.25, 0.3) is 0 Å². The molecule has 0 fully saturated rings. The van der Waals surface area contributed by atoms with Gasteiger partial charge in [-0.05, 0) is 32.8 Å².